The number of nitriles is 1. The second-order valence-electron chi connectivity index (χ2n) is 14.2. The van der Waals surface area contributed by atoms with Crippen molar-refractivity contribution in [3.8, 4) is 23.1 Å². The van der Waals surface area contributed by atoms with E-state index in [1.54, 1.807) is 77.5 Å². The molecule has 0 radical (unpaired) electrons. The minimum absolute atomic E-state index is 0.0464. The van der Waals surface area contributed by atoms with Crippen LogP contribution in [0.4, 0.5) is 9.93 Å². The molecule has 4 N–H and O–H groups in total. The predicted octanol–water partition coefficient (Wildman–Crippen LogP) is 3.62. The van der Waals surface area contributed by atoms with Gasteiger partial charge in [0.1, 0.15) is 41.7 Å². The van der Waals surface area contributed by atoms with Crippen molar-refractivity contribution in [3.63, 3.8) is 0 Å². The highest BCUT2D eigenvalue weighted by atomic mass is 32.2. The number of hydrogen-bond donors (Lipinski definition) is 4. The van der Waals surface area contributed by atoms with Crippen LogP contribution in [0.3, 0.4) is 0 Å². The van der Waals surface area contributed by atoms with Crippen molar-refractivity contribution in [2.75, 3.05) is 24.8 Å². The van der Waals surface area contributed by atoms with E-state index in [-0.39, 0.29) is 42.1 Å². The molecular weight excluding hydrogens is 829 g/mol. The second kappa shape index (κ2) is 19.3. The first-order valence-corrected chi connectivity index (χ1v) is 20.5. The van der Waals surface area contributed by atoms with Gasteiger partial charge in [-0.2, -0.15) is 14.6 Å². The van der Waals surface area contributed by atoms with Gasteiger partial charge in [-0.25, -0.2) is 14.2 Å². The van der Waals surface area contributed by atoms with Crippen molar-refractivity contribution in [1.82, 2.24) is 29.9 Å². The first-order chi connectivity index (χ1) is 29.3. The standard InChI is InChI=1S/C40H40N10O9S2/c1-6-58-47-30(33-45-38(61-48-33)46-39(55)59-40(2,3)4)34(52)44-31-35(53)50-32(37(54)57-20-23-7-10-28(56-5)11-8-23)26(21-60-36(31)50)19-49-15-13-24(14-16-49)25-17-27(42-18-25)9-12-29(51)43-22-41/h7-18,31,36H,6,19-21H2,1-5H3,(H3,43,44,45,46,48,51,52,55)/p+1. The summed E-state index contributed by atoms with van der Waals surface area (Å²) < 4.78 is 22.3. The Bertz CT molecular complexity index is 2430. The number of aromatic amines is 1. The van der Waals surface area contributed by atoms with Gasteiger partial charge in [0.15, 0.2) is 25.1 Å². The Hall–Kier alpha value is -7.05. The normalized spacial score (nSPS) is 16.2. The molecule has 19 nitrogen and oxygen atoms in total. The summed E-state index contributed by atoms with van der Waals surface area (Å²) >= 11 is 2.16. The molecule has 0 bridgehead atoms. The van der Waals surface area contributed by atoms with E-state index in [4.69, 9.17) is 24.3 Å². The average Bonchev–Trinajstić information content (AvgIpc) is 3.91. The van der Waals surface area contributed by atoms with Gasteiger partial charge < -0.3 is 29.3 Å². The smallest absolute Gasteiger partial charge is 0.414 e. The molecule has 0 aliphatic carbocycles. The van der Waals surface area contributed by atoms with Crippen LogP contribution >= 0.6 is 23.3 Å². The second-order valence-corrected chi connectivity index (χ2v) is 16.0. The third-order valence-electron chi connectivity index (χ3n) is 8.70. The van der Waals surface area contributed by atoms with Crippen LogP contribution in [0, 0.1) is 11.5 Å². The predicted molar refractivity (Wildman–Crippen MR) is 222 cm³/mol. The largest absolute Gasteiger partial charge is 0.497 e. The molecule has 0 spiro atoms. The number of pyridine rings is 1. The summed E-state index contributed by atoms with van der Waals surface area (Å²) in [6.07, 6.45) is 9.07. The fourth-order valence-corrected chi connectivity index (χ4v) is 7.82. The van der Waals surface area contributed by atoms with Gasteiger partial charge in [-0.05, 0) is 63.1 Å². The molecule has 2 unspecified atom stereocenters. The number of hydrogen-bond acceptors (Lipinski definition) is 15. The van der Waals surface area contributed by atoms with Crippen LogP contribution in [-0.4, -0.2) is 91.2 Å². The summed E-state index contributed by atoms with van der Waals surface area (Å²) in [7, 11) is 1.55. The summed E-state index contributed by atoms with van der Waals surface area (Å²) in [5.41, 5.74) is 2.70. The summed E-state index contributed by atoms with van der Waals surface area (Å²) in [5.74, 6) is -1.79. The minimum atomic E-state index is -1.05. The Morgan fingerprint density at radius 3 is 2.57 bits per heavy atom. The van der Waals surface area contributed by atoms with Crippen LogP contribution < -0.4 is 25.3 Å². The Kier molecular flexibility index (Phi) is 13.8. The molecule has 5 heterocycles. The number of rotatable bonds is 15. The molecular formula is C40H41N10O9S2+. The zero-order chi connectivity index (χ0) is 43.7. The maximum absolute atomic E-state index is 14.0. The lowest BCUT2D eigenvalue weighted by molar-refractivity contribution is -0.689. The molecule has 1 saturated heterocycles. The number of nitrogens with one attached hydrogen (secondary N) is 4. The lowest BCUT2D eigenvalue weighted by atomic mass is 10.0. The molecule has 3 aromatic heterocycles. The van der Waals surface area contributed by atoms with E-state index >= 15 is 0 Å². The molecule has 21 heteroatoms. The number of esters is 1. The third kappa shape index (κ3) is 11.0. The maximum Gasteiger partial charge on any atom is 0.414 e. The first-order valence-electron chi connectivity index (χ1n) is 18.6. The van der Waals surface area contributed by atoms with Gasteiger partial charge in [0.2, 0.25) is 16.7 Å². The fraction of sp³-hybridized carbons (Fsp3) is 0.300. The van der Waals surface area contributed by atoms with Crippen molar-refractivity contribution in [2.24, 2.45) is 5.16 Å². The van der Waals surface area contributed by atoms with Crippen molar-refractivity contribution >= 4 is 70.0 Å². The third-order valence-corrected chi connectivity index (χ3v) is 10.7. The van der Waals surface area contributed by atoms with Gasteiger partial charge in [-0.15, -0.1) is 11.8 Å². The topological polar surface area (TPSA) is 243 Å². The number of amides is 4. The van der Waals surface area contributed by atoms with E-state index in [1.807, 2.05) is 40.5 Å². The highest BCUT2D eigenvalue weighted by molar-refractivity contribution is 8.00. The van der Waals surface area contributed by atoms with E-state index in [9.17, 15) is 24.0 Å². The molecule has 2 atom stereocenters. The van der Waals surface area contributed by atoms with Crippen LogP contribution in [0.1, 0.15) is 44.8 Å². The van der Waals surface area contributed by atoms with E-state index in [0.29, 0.717) is 28.3 Å². The van der Waals surface area contributed by atoms with Gasteiger partial charge in [-0.3, -0.25) is 29.9 Å². The van der Waals surface area contributed by atoms with Gasteiger partial charge in [0.25, 0.3) is 17.7 Å². The maximum atomic E-state index is 14.0. The lowest BCUT2D eigenvalue weighted by Gasteiger charge is -2.49. The van der Waals surface area contributed by atoms with E-state index in [0.717, 1.165) is 22.7 Å². The summed E-state index contributed by atoms with van der Waals surface area (Å²) in [4.78, 5) is 79.3. The SMILES string of the molecule is CCON=C(C(=O)NC1C(=O)N2C(C(=O)OCc3ccc(OC)cc3)=C(C[n+]3ccc(-c4c[nH]c(C=CC(=O)NC#N)c4)cc3)CSC12)c1nsc(NC(=O)OC(C)(C)C)n1. The molecule has 6 rings (SSSR count). The average molecular weight is 870 g/mol. The molecule has 2 aliphatic rings. The molecule has 0 saturated carbocycles. The first kappa shape index (κ1) is 43.5. The number of oxime groups is 1. The number of fused-ring (bicyclic) bond motifs is 1. The van der Waals surface area contributed by atoms with Gasteiger partial charge in [-0.1, -0.05) is 17.3 Å². The number of carbonyl (C=O) groups is 5. The lowest BCUT2D eigenvalue weighted by Crippen LogP contribution is -2.71. The zero-order valence-corrected chi connectivity index (χ0v) is 35.2. The fourth-order valence-electron chi connectivity index (χ4n) is 5.93. The Balaban J connectivity index is 1.20. The number of nitrogens with zero attached hydrogens (tertiary/aromatic N) is 6. The number of ether oxygens (including phenoxy) is 3. The number of carbonyl (C=O) groups excluding carboxylic acids is 5. The zero-order valence-electron chi connectivity index (χ0n) is 33.6. The Morgan fingerprint density at radius 2 is 1.89 bits per heavy atom. The van der Waals surface area contributed by atoms with E-state index in [1.165, 1.54) is 22.7 Å². The number of methoxy groups -OCH3 is 1. The number of β-lactam (4-membered cyclic amide) rings is 1. The number of aromatic nitrogens is 4. The minimum Gasteiger partial charge on any atom is -0.497 e. The number of benzene rings is 1. The Labute approximate surface area is 358 Å². The van der Waals surface area contributed by atoms with Crippen molar-refractivity contribution < 1.29 is 47.6 Å². The van der Waals surface area contributed by atoms with Crippen LogP contribution in [-0.2, 0) is 46.6 Å². The molecule has 4 amide bonds. The number of H-pyrrole nitrogens is 1. The summed E-state index contributed by atoms with van der Waals surface area (Å²) in [6.45, 7) is 7.08. The number of anilines is 1. The highest BCUT2D eigenvalue weighted by Crippen LogP contribution is 2.41. The molecule has 61 heavy (non-hydrogen) atoms. The molecule has 1 aromatic carbocycles. The van der Waals surface area contributed by atoms with Crippen LogP contribution in [0.5, 0.6) is 5.75 Å². The van der Waals surface area contributed by atoms with E-state index < -0.39 is 46.8 Å². The van der Waals surface area contributed by atoms with E-state index in [2.05, 4.69) is 30.1 Å². The molecule has 2 aliphatic heterocycles. The molecule has 1 fully saturated rings. The summed E-state index contributed by atoms with van der Waals surface area (Å²) in [5, 5.41) is 19.1. The Morgan fingerprint density at radius 1 is 1.13 bits per heavy atom. The van der Waals surface area contributed by atoms with Crippen LogP contribution in [0.25, 0.3) is 17.2 Å². The van der Waals surface area contributed by atoms with Crippen molar-refractivity contribution in [1.29, 1.82) is 5.26 Å². The highest BCUT2D eigenvalue weighted by Gasteiger charge is 2.55. The molecule has 4 aromatic rings. The van der Waals surface area contributed by atoms with Crippen molar-refractivity contribution in [2.45, 2.75) is 57.9 Å². The summed E-state index contributed by atoms with van der Waals surface area (Å²) in [6, 6.07) is 11.6. The molecule has 316 valence electrons. The van der Waals surface area contributed by atoms with Gasteiger partial charge >= 0.3 is 12.1 Å². The quantitative estimate of drug-likeness (QED) is 0.0195. The van der Waals surface area contributed by atoms with Crippen molar-refractivity contribution in [3.05, 3.63) is 95.5 Å². The monoisotopic (exact) mass is 869 g/mol. The van der Waals surface area contributed by atoms with Gasteiger partial charge in [0, 0.05) is 58.5 Å². The number of thioether (sulfide) groups is 1. The van der Waals surface area contributed by atoms with Gasteiger partial charge in [0.05, 0.1) is 7.11 Å². The van der Waals surface area contributed by atoms with Crippen LogP contribution in [0.15, 0.2) is 83.6 Å². The van der Waals surface area contributed by atoms with Crippen LogP contribution in [0.2, 0.25) is 0 Å².